The van der Waals surface area contributed by atoms with E-state index in [0.29, 0.717) is 19.3 Å². The molecular formula is C77H150N10O5Si10. The lowest BCUT2D eigenvalue weighted by atomic mass is 10.2. The van der Waals surface area contributed by atoms with Gasteiger partial charge in [0.25, 0.3) is 0 Å². The van der Waals surface area contributed by atoms with Gasteiger partial charge < -0.3 is 77.9 Å². The molecule has 0 aromatic heterocycles. The second-order valence-electron chi connectivity index (χ2n) is 31.5. The quantitative estimate of drug-likeness (QED) is 0.00985. The molecule has 0 atom stereocenters. The molecule has 6 rings (SSSR count). The van der Waals surface area contributed by atoms with Gasteiger partial charge in [-0.25, -0.2) is 0 Å². The first-order valence-corrected chi connectivity index (χ1v) is 65.6. The lowest BCUT2D eigenvalue weighted by molar-refractivity contribution is 0.531. The maximum Gasteiger partial charge on any atom is 0.245 e. The molecule has 0 spiro atoms. The first-order valence-electron chi connectivity index (χ1n) is 36.8. The fraction of sp³-hybridized carbons (Fsp3) is 0.532. The van der Waals surface area contributed by atoms with Gasteiger partial charge in [0.15, 0.2) is 49.9 Å². The van der Waals surface area contributed by atoms with E-state index in [-0.39, 0.29) is 14.9 Å². The highest BCUT2D eigenvalue weighted by molar-refractivity contribution is 7.09. The largest absolute Gasteiger partial charge is 0.455 e. The van der Waals surface area contributed by atoms with E-state index in [4.69, 9.17) is 77.9 Å². The topological polar surface area (TPSA) is 306 Å². The van der Waals surface area contributed by atoms with Gasteiger partial charge >= 0.3 is 0 Å². The van der Waals surface area contributed by atoms with Crippen LogP contribution in [0.5, 0.6) is 0 Å². The molecule has 0 heterocycles. The molecule has 0 radical (unpaired) electrons. The summed E-state index contributed by atoms with van der Waals surface area (Å²) in [6.07, 6.45) is 8.86. The highest BCUT2D eigenvalue weighted by atomic mass is 28.4. The molecule has 0 saturated carbocycles. The maximum atomic E-state index is 7.94. The molecule has 0 bridgehead atoms. The summed E-state index contributed by atoms with van der Waals surface area (Å²) >= 11 is 0. The number of anilines is 2. The molecule has 578 valence electrons. The Morgan fingerprint density at radius 1 is 0.255 bits per heavy atom. The SMILES string of the molecule is C.C.C[Si](C)(CCCN)O[Si](C)(C)CCCN.C[Si](C)(CN)O[Si](C)(C)CCCCN.C[Si](C)(CN)O[Si](C)(C)CCCN.Cc1cc([Si](C)(C)O[Si](C)(C)c2ccc(N)c(C)c2)ccc1N.NCCC[Si](O[Si](CCCN)(c1ccccc1)c1ccccc1)(c1ccccc1)c1ccccc1. The van der Waals surface area contributed by atoms with Crippen LogP contribution in [-0.2, 0) is 20.6 Å². The van der Waals surface area contributed by atoms with E-state index in [1.807, 2.05) is 12.1 Å². The van der Waals surface area contributed by atoms with E-state index < -0.39 is 83.2 Å². The Hall–Kier alpha value is -3.43. The van der Waals surface area contributed by atoms with Gasteiger partial charge in [-0.2, -0.15) is 0 Å². The van der Waals surface area contributed by atoms with E-state index in [1.54, 1.807) is 0 Å². The van der Waals surface area contributed by atoms with Crippen molar-refractivity contribution in [2.24, 2.45) is 45.9 Å². The van der Waals surface area contributed by atoms with Crippen LogP contribution in [-0.4, -0.2) is 135 Å². The van der Waals surface area contributed by atoms with E-state index in [9.17, 15) is 0 Å². The summed E-state index contributed by atoms with van der Waals surface area (Å²) in [5.74, 6) is 0. The normalized spacial score (nSPS) is 12.4. The number of nitrogens with two attached hydrogens (primary N) is 10. The number of aryl methyl sites for hydroxylation is 2. The Bertz CT molecular complexity index is 2930. The molecule has 0 aliphatic carbocycles. The van der Waals surface area contributed by atoms with Crippen molar-refractivity contribution in [1.82, 2.24) is 0 Å². The Morgan fingerprint density at radius 2 is 0.490 bits per heavy atom. The summed E-state index contributed by atoms with van der Waals surface area (Å²) in [5, 5.41) is 7.79. The van der Waals surface area contributed by atoms with Gasteiger partial charge in [-0.1, -0.05) is 167 Å². The summed E-state index contributed by atoms with van der Waals surface area (Å²) in [6.45, 7) is 44.6. The van der Waals surface area contributed by atoms with Crippen molar-refractivity contribution in [3.05, 3.63) is 169 Å². The van der Waals surface area contributed by atoms with Crippen LogP contribution in [0.4, 0.5) is 11.4 Å². The molecule has 6 aromatic carbocycles. The highest BCUT2D eigenvalue weighted by Crippen LogP contribution is 2.28. The zero-order chi connectivity index (χ0) is 75.5. The molecule has 0 unspecified atom stereocenters. The zero-order valence-corrected chi connectivity index (χ0v) is 75.7. The van der Waals surface area contributed by atoms with Gasteiger partial charge in [-0.3, -0.25) is 0 Å². The lowest BCUT2D eigenvalue weighted by Gasteiger charge is -2.43. The van der Waals surface area contributed by atoms with Crippen molar-refractivity contribution in [1.29, 1.82) is 0 Å². The van der Waals surface area contributed by atoms with E-state index in [1.165, 1.54) is 55.7 Å². The van der Waals surface area contributed by atoms with Gasteiger partial charge in [-0.15, -0.1) is 0 Å². The van der Waals surface area contributed by atoms with E-state index in [0.717, 1.165) is 112 Å². The molecule has 15 nitrogen and oxygen atoms in total. The summed E-state index contributed by atoms with van der Waals surface area (Å²) in [4.78, 5) is 0. The first kappa shape index (κ1) is 98.6. The van der Waals surface area contributed by atoms with Crippen molar-refractivity contribution in [3.63, 3.8) is 0 Å². The molecule has 0 saturated heterocycles. The molecule has 25 heteroatoms. The van der Waals surface area contributed by atoms with Gasteiger partial charge in [0.1, 0.15) is 0 Å². The summed E-state index contributed by atoms with van der Waals surface area (Å²) < 4.78 is 33.5. The number of rotatable bonds is 37. The average Bonchev–Trinajstić information content (AvgIpc) is 0.742. The first-order chi connectivity index (χ1) is 46.8. The maximum absolute atomic E-state index is 7.94. The van der Waals surface area contributed by atoms with Gasteiger partial charge in [-0.05, 0) is 287 Å². The molecule has 20 N–H and O–H groups in total. The second kappa shape index (κ2) is 47.4. The van der Waals surface area contributed by atoms with Crippen molar-refractivity contribution in [2.45, 2.75) is 215 Å². The van der Waals surface area contributed by atoms with Crippen LogP contribution in [0.2, 0.25) is 141 Å². The molecule has 102 heavy (non-hydrogen) atoms. The molecule has 0 aliphatic heterocycles. The van der Waals surface area contributed by atoms with Crippen LogP contribution in [0.25, 0.3) is 0 Å². The van der Waals surface area contributed by atoms with Crippen LogP contribution in [0.3, 0.4) is 0 Å². The Labute approximate surface area is 634 Å². The predicted molar refractivity (Wildman–Crippen MR) is 479 cm³/mol. The van der Waals surface area contributed by atoms with E-state index in [2.05, 4.69) is 264 Å². The van der Waals surface area contributed by atoms with Gasteiger partial charge in [0.05, 0.1) is 0 Å². The Balaban J connectivity index is 0.00000133. The van der Waals surface area contributed by atoms with Crippen molar-refractivity contribution >= 4 is 126 Å². The van der Waals surface area contributed by atoms with Crippen molar-refractivity contribution in [2.75, 3.05) is 63.1 Å². The second-order valence-corrected chi connectivity index (χ2v) is 73.3. The third-order valence-electron chi connectivity index (χ3n) is 18.0. The minimum absolute atomic E-state index is 0. The van der Waals surface area contributed by atoms with Gasteiger partial charge in [0.2, 0.25) is 33.3 Å². The molecular weight excluding hydrogens is 1430 g/mol. The standard InChI is InChI=1S/C30H36N2OSi2.C18H28N2OSi2.C10H28N2OSi2.C9H26N2OSi2.C8H24N2OSi2.2CH4/c31-23-13-25-34(27-15-5-1-6-16-27,28-17-7-2-8-18-28)33-35(26-14-24-32,29-19-9-3-10-20-29)30-21-11-4-12-22-30;1-13-11-15(7-9-17(13)19)22(3,4)21-23(5,6)16-8-10-18(20)14(2)12-16;1-14(2,9-5-7-11)13-15(3,4)10-6-8-12;1-13(2,8-6-5-7-10)12-14(3,4)9-11;1-12(2,7-5-6-9)11-13(3,4)8-10;;/h1-12,15-22H,13-14,23-26,31-32H2;7-12H,19-20H2,1-6H3;5-12H2,1-4H3;5-11H2,1-4H3;5-10H2,1-4H3;2*1H4. The molecule has 6 aromatic rings. The fourth-order valence-electron chi connectivity index (χ4n) is 12.7. The fourth-order valence-corrected chi connectivity index (χ4v) is 56.6. The Morgan fingerprint density at radius 3 is 0.725 bits per heavy atom. The lowest BCUT2D eigenvalue weighted by Crippen LogP contribution is -2.73. The summed E-state index contributed by atoms with van der Waals surface area (Å²) in [5.41, 5.74) is 61.5. The molecule has 0 aliphatic rings. The minimum atomic E-state index is -2.68. The smallest absolute Gasteiger partial charge is 0.245 e. The third kappa shape index (κ3) is 35.5. The van der Waals surface area contributed by atoms with E-state index >= 15 is 0 Å². The molecule has 0 fully saturated rings. The monoisotopic (exact) mass is 1570 g/mol. The predicted octanol–water partition coefficient (Wildman–Crippen LogP) is 12.5. The number of hydrogen-bond donors (Lipinski definition) is 10. The van der Waals surface area contributed by atoms with Crippen LogP contribution < -0.4 is 88.5 Å². The summed E-state index contributed by atoms with van der Waals surface area (Å²) in [6, 6.07) is 62.7. The highest BCUT2D eigenvalue weighted by Gasteiger charge is 2.50. The van der Waals surface area contributed by atoms with Crippen molar-refractivity contribution < 1.29 is 20.6 Å². The van der Waals surface area contributed by atoms with Crippen LogP contribution in [0.1, 0.15) is 70.9 Å². The number of unbranched alkanes of at least 4 members (excludes halogenated alkanes) is 1. The Kier molecular flexibility index (Phi) is 45.8. The van der Waals surface area contributed by atoms with Gasteiger partial charge in [0, 0.05) is 23.7 Å². The molecule has 0 amide bonds. The van der Waals surface area contributed by atoms with Crippen LogP contribution in [0, 0.1) is 13.8 Å². The number of hydrogen-bond acceptors (Lipinski definition) is 15. The van der Waals surface area contributed by atoms with Crippen molar-refractivity contribution in [3.8, 4) is 0 Å². The number of benzene rings is 6. The van der Waals surface area contributed by atoms with Crippen LogP contribution >= 0.6 is 0 Å². The van der Waals surface area contributed by atoms with Crippen LogP contribution in [0.15, 0.2) is 158 Å². The zero-order valence-electron chi connectivity index (χ0n) is 65.7. The minimum Gasteiger partial charge on any atom is -0.455 e. The third-order valence-corrected chi connectivity index (χ3v) is 56.9. The average molecular weight is 1580 g/mol. The number of nitrogen functional groups attached to an aromatic ring is 2. The summed E-state index contributed by atoms with van der Waals surface area (Å²) in [7, 11) is -18.4.